The number of fused-ring (bicyclic) bond motifs is 3. The van der Waals surface area contributed by atoms with E-state index in [1.165, 1.54) is 11.6 Å². The molecular weight excluding hydrogens is 357 g/mol. The summed E-state index contributed by atoms with van der Waals surface area (Å²) in [6.45, 7) is 4.06. The van der Waals surface area contributed by atoms with Gasteiger partial charge in [0.25, 0.3) is 0 Å². The molecule has 1 aliphatic rings. The number of nitrogens with zero attached hydrogens (tertiary/aromatic N) is 2. The van der Waals surface area contributed by atoms with Crippen molar-refractivity contribution < 1.29 is 4.39 Å². The van der Waals surface area contributed by atoms with Crippen LogP contribution in [0.15, 0.2) is 46.9 Å². The van der Waals surface area contributed by atoms with Crippen molar-refractivity contribution in [2.45, 2.75) is 20.0 Å². The zero-order valence-electron chi connectivity index (χ0n) is 12.8. The second-order valence-electron chi connectivity index (χ2n) is 5.88. The van der Waals surface area contributed by atoms with Crippen molar-refractivity contribution in [2.75, 3.05) is 5.32 Å². The zero-order valence-corrected chi connectivity index (χ0v) is 14.4. The summed E-state index contributed by atoms with van der Waals surface area (Å²) in [6, 6.07) is 13.5. The summed E-state index contributed by atoms with van der Waals surface area (Å²) in [4.78, 5) is 0. The van der Waals surface area contributed by atoms with Crippen molar-refractivity contribution in [3.05, 3.63) is 69.6 Å². The minimum Gasteiger partial charge on any atom is -0.359 e. The number of halogens is 2. The van der Waals surface area contributed by atoms with Gasteiger partial charge in [0.05, 0.1) is 15.9 Å². The Morgan fingerprint density at radius 3 is 2.74 bits per heavy atom. The monoisotopic (exact) mass is 371 g/mol. The van der Waals surface area contributed by atoms with E-state index < -0.39 is 0 Å². The molecule has 0 radical (unpaired) electrons. The van der Waals surface area contributed by atoms with Crippen molar-refractivity contribution in [1.82, 2.24) is 9.78 Å². The number of aromatic nitrogens is 2. The maximum absolute atomic E-state index is 13.6. The largest absolute Gasteiger partial charge is 0.359 e. The standard InChI is InChI=1S/C18H15BrFN3/c1-10-3-6-16-13(7-10)17-8-11(2)22-23(17)18(21-16)12-4-5-15(20)14(19)9-12/h3-9,18,21H,1-2H3. The lowest BCUT2D eigenvalue weighted by molar-refractivity contribution is 0.566. The lowest BCUT2D eigenvalue weighted by atomic mass is 10.0. The molecule has 0 saturated carbocycles. The number of hydrogen-bond donors (Lipinski definition) is 1. The summed E-state index contributed by atoms with van der Waals surface area (Å²) >= 11 is 3.27. The maximum Gasteiger partial charge on any atom is 0.147 e. The highest BCUT2D eigenvalue weighted by Crippen LogP contribution is 2.39. The van der Waals surface area contributed by atoms with Gasteiger partial charge in [-0.3, -0.25) is 0 Å². The highest BCUT2D eigenvalue weighted by atomic mass is 79.9. The smallest absolute Gasteiger partial charge is 0.147 e. The topological polar surface area (TPSA) is 29.9 Å². The first kappa shape index (κ1) is 14.5. The van der Waals surface area contributed by atoms with E-state index in [0.717, 1.165) is 28.2 Å². The molecule has 2 aromatic carbocycles. The summed E-state index contributed by atoms with van der Waals surface area (Å²) in [5.74, 6) is -0.266. The number of nitrogens with one attached hydrogen (secondary N) is 1. The Kier molecular flexibility index (Phi) is 3.27. The fraction of sp³-hybridized carbons (Fsp3) is 0.167. The van der Waals surface area contributed by atoms with Gasteiger partial charge in [-0.25, -0.2) is 9.07 Å². The molecule has 1 N–H and O–H groups in total. The minimum atomic E-state index is -0.266. The Bertz CT molecular complexity index is 917. The molecule has 5 heteroatoms. The lowest BCUT2D eigenvalue weighted by Gasteiger charge is -2.29. The van der Waals surface area contributed by atoms with Crippen LogP contribution in [0.3, 0.4) is 0 Å². The van der Waals surface area contributed by atoms with Crippen LogP contribution in [0.2, 0.25) is 0 Å². The van der Waals surface area contributed by atoms with Crippen LogP contribution in [0.25, 0.3) is 11.3 Å². The second-order valence-corrected chi connectivity index (χ2v) is 6.74. The third-order valence-corrected chi connectivity index (χ3v) is 4.71. The van der Waals surface area contributed by atoms with Crippen molar-refractivity contribution in [3.8, 4) is 11.3 Å². The molecule has 3 aromatic rings. The molecule has 4 rings (SSSR count). The summed E-state index contributed by atoms with van der Waals surface area (Å²) in [7, 11) is 0. The molecule has 23 heavy (non-hydrogen) atoms. The minimum absolute atomic E-state index is 0.161. The SMILES string of the molecule is Cc1ccc2c(c1)-c1cc(C)nn1C(c1ccc(F)c(Br)c1)N2. The molecule has 0 bridgehead atoms. The van der Waals surface area contributed by atoms with E-state index in [1.54, 1.807) is 12.1 Å². The van der Waals surface area contributed by atoms with Gasteiger partial charge in [0.15, 0.2) is 0 Å². The van der Waals surface area contributed by atoms with E-state index in [2.05, 4.69) is 57.5 Å². The first-order chi connectivity index (χ1) is 11.0. The van der Waals surface area contributed by atoms with Gasteiger partial charge in [0.1, 0.15) is 12.0 Å². The lowest BCUT2D eigenvalue weighted by Crippen LogP contribution is -2.25. The van der Waals surface area contributed by atoms with Gasteiger partial charge in [-0.15, -0.1) is 0 Å². The molecule has 0 aliphatic carbocycles. The van der Waals surface area contributed by atoms with Crippen LogP contribution in [-0.4, -0.2) is 9.78 Å². The highest BCUT2D eigenvalue weighted by molar-refractivity contribution is 9.10. The third kappa shape index (κ3) is 2.36. The number of hydrogen-bond acceptors (Lipinski definition) is 2. The molecule has 0 amide bonds. The Labute approximate surface area is 142 Å². The van der Waals surface area contributed by atoms with E-state index in [9.17, 15) is 4.39 Å². The summed E-state index contributed by atoms with van der Waals surface area (Å²) in [5, 5.41) is 8.15. The van der Waals surface area contributed by atoms with Crippen LogP contribution in [0.1, 0.15) is 23.0 Å². The van der Waals surface area contributed by atoms with Gasteiger partial charge in [-0.2, -0.15) is 5.10 Å². The Morgan fingerprint density at radius 2 is 1.96 bits per heavy atom. The van der Waals surface area contributed by atoms with Crippen LogP contribution in [-0.2, 0) is 0 Å². The molecule has 1 unspecified atom stereocenters. The molecule has 0 fully saturated rings. The number of aryl methyl sites for hydroxylation is 2. The Hall–Kier alpha value is -2.14. The number of rotatable bonds is 1. The third-order valence-electron chi connectivity index (χ3n) is 4.11. The highest BCUT2D eigenvalue weighted by Gasteiger charge is 2.26. The maximum atomic E-state index is 13.6. The van der Waals surface area contributed by atoms with Gasteiger partial charge in [0.2, 0.25) is 0 Å². The molecule has 3 nitrogen and oxygen atoms in total. The van der Waals surface area contributed by atoms with Gasteiger partial charge < -0.3 is 5.32 Å². The molecule has 2 heterocycles. The predicted octanol–water partition coefficient (Wildman–Crippen LogP) is 5.04. The van der Waals surface area contributed by atoms with Gasteiger partial charge >= 0.3 is 0 Å². The van der Waals surface area contributed by atoms with E-state index in [4.69, 9.17) is 0 Å². The Morgan fingerprint density at radius 1 is 1.13 bits per heavy atom. The van der Waals surface area contributed by atoms with E-state index in [1.807, 2.05) is 11.6 Å². The van der Waals surface area contributed by atoms with E-state index in [0.29, 0.717) is 4.47 Å². The summed E-state index contributed by atoms with van der Waals surface area (Å²) in [5.41, 5.74) is 6.40. The summed E-state index contributed by atoms with van der Waals surface area (Å²) < 4.78 is 16.0. The fourth-order valence-corrected chi connectivity index (χ4v) is 3.42. The van der Waals surface area contributed by atoms with Crippen molar-refractivity contribution in [2.24, 2.45) is 0 Å². The van der Waals surface area contributed by atoms with Gasteiger partial charge in [-0.1, -0.05) is 17.7 Å². The molecule has 1 atom stereocenters. The normalized spacial score (nSPS) is 15.7. The van der Waals surface area contributed by atoms with Crippen LogP contribution in [0.4, 0.5) is 10.1 Å². The average molecular weight is 372 g/mol. The van der Waals surface area contributed by atoms with Crippen LogP contribution in [0.5, 0.6) is 0 Å². The average Bonchev–Trinajstić information content (AvgIpc) is 2.91. The van der Waals surface area contributed by atoms with Crippen LogP contribution >= 0.6 is 15.9 Å². The molecule has 1 aromatic heterocycles. The quantitative estimate of drug-likeness (QED) is 0.649. The summed E-state index contributed by atoms with van der Waals surface area (Å²) in [6.07, 6.45) is -0.161. The first-order valence-electron chi connectivity index (χ1n) is 7.41. The van der Waals surface area contributed by atoms with E-state index in [-0.39, 0.29) is 12.0 Å². The van der Waals surface area contributed by atoms with Crippen LogP contribution < -0.4 is 5.32 Å². The molecule has 0 spiro atoms. The van der Waals surface area contributed by atoms with Crippen molar-refractivity contribution in [3.63, 3.8) is 0 Å². The molecule has 0 saturated heterocycles. The van der Waals surface area contributed by atoms with Crippen molar-refractivity contribution >= 4 is 21.6 Å². The van der Waals surface area contributed by atoms with Gasteiger partial charge in [-0.05, 0) is 65.7 Å². The Balaban J connectivity index is 1.90. The number of benzene rings is 2. The first-order valence-corrected chi connectivity index (χ1v) is 8.21. The van der Waals surface area contributed by atoms with Gasteiger partial charge in [0, 0.05) is 11.3 Å². The van der Waals surface area contributed by atoms with Crippen LogP contribution in [0, 0.1) is 19.7 Å². The number of anilines is 1. The fourth-order valence-electron chi connectivity index (χ4n) is 3.03. The zero-order chi connectivity index (χ0) is 16.1. The van der Waals surface area contributed by atoms with E-state index >= 15 is 0 Å². The predicted molar refractivity (Wildman–Crippen MR) is 93.0 cm³/mol. The van der Waals surface area contributed by atoms with Crippen molar-refractivity contribution in [1.29, 1.82) is 0 Å². The second kappa shape index (κ2) is 5.20. The molecule has 116 valence electrons. The molecule has 1 aliphatic heterocycles. The molecular formula is C18H15BrFN3.